The molecule has 1 heterocycles. The Morgan fingerprint density at radius 1 is 1.44 bits per heavy atom. The van der Waals surface area contributed by atoms with Crippen LogP contribution in [-0.4, -0.2) is 52.5 Å². The quantitative estimate of drug-likeness (QED) is 0.800. The van der Waals surface area contributed by atoms with Gasteiger partial charge >= 0.3 is 0 Å². The van der Waals surface area contributed by atoms with Crippen LogP contribution < -0.4 is 10.0 Å². The molecule has 18 heavy (non-hydrogen) atoms. The Kier molecular flexibility index (Phi) is 5.51. The second-order valence-corrected chi connectivity index (χ2v) is 6.60. The summed E-state index contributed by atoms with van der Waals surface area (Å²) >= 11 is 3.22. The van der Waals surface area contributed by atoms with Gasteiger partial charge in [0.15, 0.2) is 0 Å². The van der Waals surface area contributed by atoms with Gasteiger partial charge in [-0.05, 0) is 36.1 Å². The Hall–Kier alpha value is -0.700. The SMILES string of the molecule is CNc1ncc(Br)cc1S(=O)(=O)NCCN(C)C. The highest BCUT2D eigenvalue weighted by atomic mass is 79.9. The third kappa shape index (κ3) is 4.20. The van der Waals surface area contributed by atoms with Crippen molar-refractivity contribution in [2.24, 2.45) is 0 Å². The molecule has 0 atom stereocenters. The van der Waals surface area contributed by atoms with Gasteiger partial charge in [0, 0.05) is 30.8 Å². The number of likely N-dealkylation sites (N-methyl/N-ethyl adjacent to an activating group) is 1. The topological polar surface area (TPSA) is 74.3 Å². The van der Waals surface area contributed by atoms with Gasteiger partial charge in [0.2, 0.25) is 10.0 Å². The van der Waals surface area contributed by atoms with Crippen molar-refractivity contribution in [1.82, 2.24) is 14.6 Å². The lowest BCUT2D eigenvalue weighted by atomic mass is 10.4. The summed E-state index contributed by atoms with van der Waals surface area (Å²) in [6.45, 7) is 0.987. The Balaban J connectivity index is 2.93. The Morgan fingerprint density at radius 3 is 2.67 bits per heavy atom. The fraction of sp³-hybridized carbons (Fsp3) is 0.500. The fourth-order valence-electron chi connectivity index (χ4n) is 1.29. The lowest BCUT2D eigenvalue weighted by molar-refractivity contribution is 0.412. The van der Waals surface area contributed by atoms with Crippen LogP contribution in [0.2, 0.25) is 0 Å². The van der Waals surface area contributed by atoms with E-state index in [1.165, 1.54) is 6.07 Å². The third-order valence-electron chi connectivity index (χ3n) is 2.20. The molecule has 0 bridgehead atoms. The number of halogens is 1. The van der Waals surface area contributed by atoms with E-state index in [1.807, 2.05) is 19.0 Å². The van der Waals surface area contributed by atoms with Crippen LogP contribution in [0, 0.1) is 0 Å². The molecule has 0 saturated heterocycles. The van der Waals surface area contributed by atoms with Gasteiger partial charge in [0.05, 0.1) is 0 Å². The first-order valence-corrected chi connectivity index (χ1v) is 7.62. The zero-order valence-corrected chi connectivity index (χ0v) is 13.0. The molecule has 0 radical (unpaired) electrons. The molecule has 6 nitrogen and oxygen atoms in total. The maximum absolute atomic E-state index is 12.1. The molecule has 0 spiro atoms. The highest BCUT2D eigenvalue weighted by molar-refractivity contribution is 9.10. The van der Waals surface area contributed by atoms with Gasteiger partial charge in [0.1, 0.15) is 10.7 Å². The van der Waals surface area contributed by atoms with Crippen LogP contribution in [0.5, 0.6) is 0 Å². The van der Waals surface area contributed by atoms with E-state index in [4.69, 9.17) is 0 Å². The lowest BCUT2D eigenvalue weighted by Crippen LogP contribution is -2.31. The molecular weight excluding hydrogens is 320 g/mol. The monoisotopic (exact) mass is 336 g/mol. The average Bonchev–Trinajstić information content (AvgIpc) is 2.28. The summed E-state index contributed by atoms with van der Waals surface area (Å²) in [5.74, 6) is 0.329. The number of sulfonamides is 1. The maximum atomic E-state index is 12.1. The van der Waals surface area contributed by atoms with E-state index in [2.05, 4.69) is 31.0 Å². The number of pyridine rings is 1. The van der Waals surface area contributed by atoms with Crippen LogP contribution in [0.1, 0.15) is 0 Å². The molecule has 0 aliphatic rings. The van der Waals surface area contributed by atoms with Crippen molar-refractivity contribution in [1.29, 1.82) is 0 Å². The van der Waals surface area contributed by atoms with Gasteiger partial charge < -0.3 is 10.2 Å². The van der Waals surface area contributed by atoms with Gasteiger partial charge in [-0.2, -0.15) is 0 Å². The molecule has 0 fully saturated rings. The van der Waals surface area contributed by atoms with Crippen molar-refractivity contribution >= 4 is 31.8 Å². The van der Waals surface area contributed by atoms with Gasteiger partial charge in [-0.1, -0.05) is 0 Å². The average molecular weight is 337 g/mol. The molecule has 0 aliphatic carbocycles. The first-order valence-electron chi connectivity index (χ1n) is 5.34. The molecule has 1 aromatic rings. The zero-order valence-electron chi connectivity index (χ0n) is 10.6. The molecule has 8 heteroatoms. The molecule has 1 aromatic heterocycles. The highest BCUT2D eigenvalue weighted by Gasteiger charge is 2.19. The fourth-order valence-corrected chi connectivity index (χ4v) is 2.98. The molecule has 102 valence electrons. The van der Waals surface area contributed by atoms with Crippen molar-refractivity contribution in [2.75, 3.05) is 39.5 Å². The number of hydrogen-bond acceptors (Lipinski definition) is 5. The van der Waals surface area contributed by atoms with Crippen LogP contribution in [0.25, 0.3) is 0 Å². The van der Waals surface area contributed by atoms with E-state index in [0.29, 0.717) is 23.4 Å². The summed E-state index contributed by atoms with van der Waals surface area (Å²) in [7, 11) is 1.85. The van der Waals surface area contributed by atoms with Crippen molar-refractivity contribution in [2.45, 2.75) is 4.90 Å². The number of aromatic nitrogens is 1. The molecule has 0 unspecified atom stereocenters. The van der Waals surface area contributed by atoms with Crippen LogP contribution in [0.3, 0.4) is 0 Å². The second-order valence-electron chi connectivity index (χ2n) is 3.95. The van der Waals surface area contributed by atoms with E-state index in [0.717, 1.165) is 0 Å². The number of nitrogens with zero attached hydrogens (tertiary/aromatic N) is 2. The molecule has 0 aliphatic heterocycles. The summed E-state index contributed by atoms with van der Waals surface area (Å²) in [6.07, 6.45) is 1.55. The van der Waals surface area contributed by atoms with Crippen molar-refractivity contribution in [3.8, 4) is 0 Å². The normalized spacial score (nSPS) is 11.8. The lowest BCUT2D eigenvalue weighted by Gasteiger charge is -2.13. The third-order valence-corrected chi connectivity index (χ3v) is 4.10. The van der Waals surface area contributed by atoms with Crippen LogP contribution >= 0.6 is 15.9 Å². The van der Waals surface area contributed by atoms with E-state index in [9.17, 15) is 8.42 Å². The molecule has 0 saturated carbocycles. The van der Waals surface area contributed by atoms with Crippen molar-refractivity contribution in [3.63, 3.8) is 0 Å². The van der Waals surface area contributed by atoms with Crippen molar-refractivity contribution in [3.05, 3.63) is 16.7 Å². The van der Waals surface area contributed by atoms with Gasteiger partial charge in [-0.25, -0.2) is 18.1 Å². The number of anilines is 1. The predicted octanol–water partition coefficient (Wildman–Crippen LogP) is 0.726. The van der Waals surface area contributed by atoms with Crippen molar-refractivity contribution < 1.29 is 8.42 Å². The van der Waals surface area contributed by atoms with Gasteiger partial charge in [0.25, 0.3) is 0 Å². The first kappa shape index (κ1) is 15.4. The summed E-state index contributed by atoms with van der Waals surface area (Å²) in [4.78, 5) is 6.06. The second kappa shape index (κ2) is 6.46. The summed E-state index contributed by atoms with van der Waals surface area (Å²) in [5, 5.41) is 2.77. The molecular formula is C10H17BrN4O2S. The number of nitrogens with one attached hydrogen (secondary N) is 2. The largest absolute Gasteiger partial charge is 0.372 e. The summed E-state index contributed by atoms with van der Waals surface area (Å²) in [6, 6.07) is 1.52. The van der Waals surface area contributed by atoms with E-state index in [-0.39, 0.29) is 4.90 Å². The maximum Gasteiger partial charge on any atom is 0.244 e. The minimum absolute atomic E-state index is 0.137. The van der Waals surface area contributed by atoms with E-state index in [1.54, 1.807) is 13.2 Å². The smallest absolute Gasteiger partial charge is 0.244 e. The standard InChI is InChI=1S/C10H17BrN4O2S/c1-12-10-9(6-8(11)7-13-10)18(16,17)14-4-5-15(2)3/h6-7,14H,4-5H2,1-3H3,(H,12,13). The van der Waals surface area contributed by atoms with Crippen LogP contribution in [0.4, 0.5) is 5.82 Å². The Labute approximate surface area is 116 Å². The molecule has 0 amide bonds. The van der Waals surface area contributed by atoms with Gasteiger partial charge in [-0.15, -0.1) is 0 Å². The van der Waals surface area contributed by atoms with E-state index < -0.39 is 10.0 Å². The molecule has 0 aromatic carbocycles. The summed E-state index contributed by atoms with van der Waals surface area (Å²) in [5.41, 5.74) is 0. The number of hydrogen-bond donors (Lipinski definition) is 2. The Morgan fingerprint density at radius 2 is 2.11 bits per heavy atom. The highest BCUT2D eigenvalue weighted by Crippen LogP contribution is 2.22. The molecule has 1 rings (SSSR count). The minimum Gasteiger partial charge on any atom is -0.372 e. The van der Waals surface area contributed by atoms with Crippen LogP contribution in [-0.2, 0) is 10.0 Å². The zero-order chi connectivity index (χ0) is 13.8. The van der Waals surface area contributed by atoms with Gasteiger partial charge in [-0.3, -0.25) is 0 Å². The molecule has 2 N–H and O–H groups in total. The Bertz CT molecular complexity index is 505. The predicted molar refractivity (Wildman–Crippen MR) is 75.2 cm³/mol. The first-order chi connectivity index (χ1) is 8.36. The van der Waals surface area contributed by atoms with E-state index >= 15 is 0 Å². The number of rotatable bonds is 6. The summed E-state index contributed by atoms with van der Waals surface area (Å²) < 4.78 is 27.4. The minimum atomic E-state index is -3.55. The van der Waals surface area contributed by atoms with Crippen LogP contribution in [0.15, 0.2) is 21.6 Å².